The van der Waals surface area contributed by atoms with Crippen LogP contribution in [0, 0.1) is 5.82 Å². The number of aromatic nitrogens is 1. The Morgan fingerprint density at radius 1 is 1.15 bits per heavy atom. The minimum Gasteiger partial charge on any atom is -0.350 e. The van der Waals surface area contributed by atoms with Gasteiger partial charge in [-0.25, -0.2) is 4.39 Å². The molecule has 2 aromatic carbocycles. The summed E-state index contributed by atoms with van der Waals surface area (Å²) in [6.45, 7) is 0.332. The van der Waals surface area contributed by atoms with Gasteiger partial charge in [0.2, 0.25) is 5.56 Å². The van der Waals surface area contributed by atoms with Gasteiger partial charge in [-0.1, -0.05) is 30.3 Å². The molecule has 1 aromatic heterocycles. The first kappa shape index (κ1) is 17.8. The number of rotatable bonds is 5. The fourth-order valence-electron chi connectivity index (χ4n) is 2.96. The van der Waals surface area contributed by atoms with E-state index in [1.807, 2.05) is 25.1 Å². The van der Waals surface area contributed by atoms with Gasteiger partial charge in [-0.05, 0) is 37.9 Å². The lowest BCUT2D eigenvalue weighted by Crippen LogP contribution is -2.35. The zero-order chi connectivity index (χ0) is 18.7. The lowest BCUT2D eigenvalue weighted by molar-refractivity contribution is 0.0943. The van der Waals surface area contributed by atoms with Gasteiger partial charge in [-0.15, -0.1) is 0 Å². The molecule has 26 heavy (non-hydrogen) atoms. The van der Waals surface area contributed by atoms with Crippen molar-refractivity contribution in [3.05, 3.63) is 81.9 Å². The highest BCUT2D eigenvalue weighted by molar-refractivity contribution is 6.05. The van der Waals surface area contributed by atoms with E-state index in [0.29, 0.717) is 23.0 Å². The quantitative estimate of drug-likeness (QED) is 0.741. The first-order valence-corrected chi connectivity index (χ1v) is 8.28. The standard InChI is InChI=1S/C20H20FN3O2/c1-24(2)18(13-7-9-14(21)10-8-13)12-22-20(26)16-11-19(25)23-17-6-4-3-5-15(16)17/h3-11,18H,12H2,1-2H3,(H,22,26)(H,23,25). The van der Waals surface area contributed by atoms with Crippen LogP contribution in [0.1, 0.15) is 22.0 Å². The van der Waals surface area contributed by atoms with E-state index in [0.717, 1.165) is 5.56 Å². The predicted molar refractivity (Wildman–Crippen MR) is 99.7 cm³/mol. The number of halogens is 1. The van der Waals surface area contributed by atoms with Crippen LogP contribution in [0.4, 0.5) is 4.39 Å². The Morgan fingerprint density at radius 3 is 2.54 bits per heavy atom. The first-order valence-electron chi connectivity index (χ1n) is 8.28. The Morgan fingerprint density at radius 2 is 1.85 bits per heavy atom. The second kappa shape index (κ2) is 7.49. The van der Waals surface area contributed by atoms with Crippen molar-refractivity contribution in [1.29, 1.82) is 0 Å². The van der Waals surface area contributed by atoms with Crippen molar-refractivity contribution in [2.75, 3.05) is 20.6 Å². The summed E-state index contributed by atoms with van der Waals surface area (Å²) in [6, 6.07) is 14.6. The van der Waals surface area contributed by atoms with Crippen LogP contribution in [0.25, 0.3) is 10.9 Å². The van der Waals surface area contributed by atoms with E-state index >= 15 is 0 Å². The zero-order valence-corrected chi connectivity index (χ0v) is 14.6. The van der Waals surface area contributed by atoms with Crippen molar-refractivity contribution in [3.63, 3.8) is 0 Å². The summed E-state index contributed by atoms with van der Waals surface area (Å²) in [7, 11) is 3.78. The number of likely N-dealkylation sites (N-methyl/N-ethyl adjacent to an activating group) is 1. The minimum atomic E-state index is -0.323. The van der Waals surface area contributed by atoms with Crippen LogP contribution in [0.2, 0.25) is 0 Å². The van der Waals surface area contributed by atoms with E-state index < -0.39 is 0 Å². The van der Waals surface area contributed by atoms with Gasteiger partial charge < -0.3 is 15.2 Å². The van der Waals surface area contributed by atoms with Crippen molar-refractivity contribution >= 4 is 16.8 Å². The predicted octanol–water partition coefficient (Wildman–Crippen LogP) is 2.70. The lowest BCUT2D eigenvalue weighted by Gasteiger charge is -2.25. The number of aromatic amines is 1. The molecule has 1 unspecified atom stereocenters. The second-order valence-electron chi connectivity index (χ2n) is 6.33. The van der Waals surface area contributed by atoms with E-state index in [4.69, 9.17) is 0 Å². The highest BCUT2D eigenvalue weighted by Gasteiger charge is 2.17. The number of benzene rings is 2. The van der Waals surface area contributed by atoms with Gasteiger partial charge in [0.05, 0.1) is 11.6 Å². The fraction of sp³-hybridized carbons (Fsp3) is 0.200. The number of H-pyrrole nitrogens is 1. The summed E-state index contributed by atoms with van der Waals surface area (Å²) in [6.07, 6.45) is 0. The average molecular weight is 353 g/mol. The van der Waals surface area contributed by atoms with Crippen molar-refractivity contribution in [2.45, 2.75) is 6.04 Å². The van der Waals surface area contributed by atoms with Gasteiger partial charge in [0.1, 0.15) is 5.82 Å². The van der Waals surface area contributed by atoms with Gasteiger partial charge in [-0.2, -0.15) is 0 Å². The van der Waals surface area contributed by atoms with Crippen LogP contribution in [0.5, 0.6) is 0 Å². The number of fused-ring (bicyclic) bond motifs is 1. The molecule has 0 aliphatic heterocycles. The van der Waals surface area contributed by atoms with Gasteiger partial charge in [0, 0.05) is 23.5 Å². The zero-order valence-electron chi connectivity index (χ0n) is 14.6. The molecule has 1 amide bonds. The molecule has 0 saturated carbocycles. The van der Waals surface area contributed by atoms with E-state index in [1.165, 1.54) is 18.2 Å². The lowest BCUT2D eigenvalue weighted by atomic mass is 10.0. The van der Waals surface area contributed by atoms with Crippen LogP contribution in [0.3, 0.4) is 0 Å². The van der Waals surface area contributed by atoms with Crippen molar-refractivity contribution in [3.8, 4) is 0 Å². The van der Waals surface area contributed by atoms with E-state index in [-0.39, 0.29) is 23.3 Å². The minimum absolute atomic E-state index is 0.118. The van der Waals surface area contributed by atoms with Crippen molar-refractivity contribution in [1.82, 2.24) is 15.2 Å². The summed E-state index contributed by atoms with van der Waals surface area (Å²) in [4.78, 5) is 29.2. The second-order valence-corrected chi connectivity index (χ2v) is 6.33. The highest BCUT2D eigenvalue weighted by Crippen LogP contribution is 2.19. The maximum atomic E-state index is 13.2. The summed E-state index contributed by atoms with van der Waals surface area (Å²) in [5.41, 5.74) is 1.53. The Bertz CT molecular complexity index is 980. The third-order valence-electron chi connectivity index (χ3n) is 4.33. The Balaban J connectivity index is 1.83. The third-order valence-corrected chi connectivity index (χ3v) is 4.33. The van der Waals surface area contributed by atoms with Crippen molar-refractivity contribution in [2.24, 2.45) is 0 Å². The average Bonchev–Trinajstić information content (AvgIpc) is 2.62. The number of carbonyl (C=O) groups is 1. The van der Waals surface area contributed by atoms with Crippen LogP contribution < -0.4 is 10.9 Å². The van der Waals surface area contributed by atoms with E-state index in [1.54, 1.807) is 30.3 Å². The molecular formula is C20H20FN3O2. The maximum Gasteiger partial charge on any atom is 0.252 e. The smallest absolute Gasteiger partial charge is 0.252 e. The number of amides is 1. The molecule has 3 aromatic rings. The van der Waals surface area contributed by atoms with Crippen LogP contribution in [-0.2, 0) is 0 Å². The van der Waals surface area contributed by atoms with Crippen LogP contribution in [0.15, 0.2) is 59.4 Å². The topological polar surface area (TPSA) is 65.2 Å². The van der Waals surface area contributed by atoms with Gasteiger partial charge >= 0.3 is 0 Å². The molecule has 0 aliphatic rings. The monoisotopic (exact) mass is 353 g/mol. The number of hydrogen-bond acceptors (Lipinski definition) is 3. The molecule has 0 fully saturated rings. The Hall–Kier alpha value is -2.99. The molecule has 0 saturated heterocycles. The summed E-state index contributed by atoms with van der Waals surface area (Å²) < 4.78 is 13.2. The summed E-state index contributed by atoms with van der Waals surface area (Å²) in [5, 5.41) is 3.57. The molecule has 134 valence electrons. The third kappa shape index (κ3) is 3.81. The number of carbonyl (C=O) groups excluding carboxylic acids is 1. The molecule has 0 bridgehead atoms. The van der Waals surface area contributed by atoms with Gasteiger partial charge in [0.15, 0.2) is 0 Å². The number of hydrogen-bond donors (Lipinski definition) is 2. The number of pyridine rings is 1. The molecule has 3 rings (SSSR count). The molecule has 2 N–H and O–H groups in total. The van der Waals surface area contributed by atoms with E-state index in [2.05, 4.69) is 10.3 Å². The summed E-state index contributed by atoms with van der Waals surface area (Å²) >= 11 is 0. The maximum absolute atomic E-state index is 13.2. The van der Waals surface area contributed by atoms with E-state index in [9.17, 15) is 14.0 Å². The summed E-state index contributed by atoms with van der Waals surface area (Å²) in [5.74, 6) is -0.619. The molecule has 5 nitrogen and oxygen atoms in total. The molecule has 1 atom stereocenters. The molecule has 0 aliphatic carbocycles. The normalized spacial score (nSPS) is 12.3. The Kier molecular flexibility index (Phi) is 5.14. The van der Waals surface area contributed by atoms with Crippen LogP contribution >= 0.6 is 0 Å². The van der Waals surface area contributed by atoms with Gasteiger partial charge in [0.25, 0.3) is 5.91 Å². The van der Waals surface area contributed by atoms with Crippen LogP contribution in [-0.4, -0.2) is 36.4 Å². The number of nitrogens with one attached hydrogen (secondary N) is 2. The highest BCUT2D eigenvalue weighted by atomic mass is 19.1. The number of nitrogens with zero attached hydrogens (tertiary/aromatic N) is 1. The van der Waals surface area contributed by atoms with Crippen molar-refractivity contribution < 1.29 is 9.18 Å². The van der Waals surface area contributed by atoms with Gasteiger partial charge in [-0.3, -0.25) is 9.59 Å². The molecular weight excluding hydrogens is 333 g/mol. The fourth-order valence-corrected chi connectivity index (χ4v) is 2.96. The number of para-hydroxylation sites is 1. The molecule has 6 heteroatoms. The molecule has 0 spiro atoms. The SMILES string of the molecule is CN(C)C(CNC(=O)c1cc(=O)[nH]c2ccccc12)c1ccc(F)cc1. The molecule has 1 heterocycles. The Labute approximate surface area is 150 Å². The largest absolute Gasteiger partial charge is 0.350 e. The first-order chi connectivity index (χ1) is 12.5. The molecule has 0 radical (unpaired) electrons.